The highest BCUT2D eigenvalue weighted by molar-refractivity contribution is 7.89. The highest BCUT2D eigenvalue weighted by Crippen LogP contribution is 2.13. The molecular formula is C10H24N2O2S. The Kier molecular flexibility index (Phi) is 6.40. The van der Waals surface area contributed by atoms with E-state index in [2.05, 4.69) is 5.32 Å². The molecule has 0 rings (SSSR count). The van der Waals surface area contributed by atoms with Gasteiger partial charge >= 0.3 is 0 Å². The van der Waals surface area contributed by atoms with Gasteiger partial charge in [-0.2, -0.15) is 0 Å². The number of nitrogens with zero attached hydrogens (tertiary/aromatic N) is 1. The fourth-order valence-corrected chi connectivity index (χ4v) is 2.80. The summed E-state index contributed by atoms with van der Waals surface area (Å²) in [6, 6.07) is 0.0598. The number of nitrogens with one attached hydrogen (secondary N) is 1. The van der Waals surface area contributed by atoms with Crippen LogP contribution in [-0.4, -0.2) is 45.2 Å². The molecule has 0 aromatic heterocycles. The fraction of sp³-hybridized carbons (Fsp3) is 1.00. The Balaban J connectivity index is 4.32. The van der Waals surface area contributed by atoms with E-state index in [1.165, 1.54) is 4.31 Å². The summed E-state index contributed by atoms with van der Waals surface area (Å²) in [5.74, 6) is 0.565. The lowest BCUT2D eigenvalue weighted by molar-refractivity contribution is 0.315. The zero-order valence-corrected chi connectivity index (χ0v) is 11.3. The molecule has 0 saturated heterocycles. The highest BCUT2D eigenvalue weighted by atomic mass is 32.2. The van der Waals surface area contributed by atoms with Crippen molar-refractivity contribution in [1.82, 2.24) is 9.62 Å². The van der Waals surface area contributed by atoms with Gasteiger partial charge in [0.1, 0.15) is 0 Å². The number of hydrogen-bond acceptors (Lipinski definition) is 3. The maximum atomic E-state index is 11.8. The molecule has 1 unspecified atom stereocenters. The van der Waals surface area contributed by atoms with Gasteiger partial charge in [-0.05, 0) is 32.9 Å². The number of rotatable bonds is 7. The third-order valence-corrected chi connectivity index (χ3v) is 4.82. The van der Waals surface area contributed by atoms with Crippen molar-refractivity contribution >= 4 is 10.0 Å². The smallest absolute Gasteiger partial charge is 0.214 e. The summed E-state index contributed by atoms with van der Waals surface area (Å²) in [6.45, 7) is 6.75. The number of sulfonamides is 1. The first kappa shape index (κ1) is 14.9. The van der Waals surface area contributed by atoms with E-state index in [-0.39, 0.29) is 11.8 Å². The van der Waals surface area contributed by atoms with Crippen molar-refractivity contribution in [3.05, 3.63) is 0 Å². The molecule has 0 saturated carbocycles. The zero-order chi connectivity index (χ0) is 12.1. The minimum Gasteiger partial charge on any atom is -0.320 e. The molecular weight excluding hydrogens is 212 g/mol. The summed E-state index contributed by atoms with van der Waals surface area (Å²) >= 11 is 0. The third-order valence-electron chi connectivity index (χ3n) is 2.81. The van der Waals surface area contributed by atoms with E-state index >= 15 is 0 Å². The highest BCUT2D eigenvalue weighted by Gasteiger charge is 2.24. The van der Waals surface area contributed by atoms with Crippen LogP contribution in [0.2, 0.25) is 0 Å². The van der Waals surface area contributed by atoms with E-state index in [0.717, 1.165) is 6.54 Å². The minimum absolute atomic E-state index is 0.0598. The van der Waals surface area contributed by atoms with Crippen LogP contribution >= 0.6 is 0 Å². The standard InChI is InChI=1S/C10H24N2O2S/c1-9(2)10(3)12(5)15(13,14)8-6-7-11-4/h9-11H,6-8H2,1-5H3. The molecule has 0 bridgehead atoms. The van der Waals surface area contributed by atoms with Gasteiger partial charge in [-0.1, -0.05) is 13.8 Å². The van der Waals surface area contributed by atoms with Gasteiger partial charge in [0.05, 0.1) is 5.75 Å². The first-order valence-corrected chi connectivity index (χ1v) is 7.04. The van der Waals surface area contributed by atoms with Gasteiger partial charge in [-0.15, -0.1) is 0 Å². The summed E-state index contributed by atoms with van der Waals surface area (Å²) < 4.78 is 25.2. The van der Waals surface area contributed by atoms with Crippen LogP contribution in [0, 0.1) is 5.92 Å². The van der Waals surface area contributed by atoms with E-state index < -0.39 is 10.0 Å². The second-order valence-electron chi connectivity index (χ2n) is 4.27. The van der Waals surface area contributed by atoms with Gasteiger partial charge in [0.2, 0.25) is 10.0 Å². The van der Waals surface area contributed by atoms with Crippen molar-refractivity contribution in [2.24, 2.45) is 5.92 Å². The van der Waals surface area contributed by atoms with Crippen LogP contribution < -0.4 is 5.32 Å². The zero-order valence-electron chi connectivity index (χ0n) is 10.4. The molecule has 5 heteroatoms. The molecule has 0 fully saturated rings. The molecule has 1 atom stereocenters. The van der Waals surface area contributed by atoms with E-state index in [9.17, 15) is 8.42 Å². The van der Waals surface area contributed by atoms with Gasteiger partial charge in [0.25, 0.3) is 0 Å². The summed E-state index contributed by atoms with van der Waals surface area (Å²) in [5.41, 5.74) is 0. The summed E-state index contributed by atoms with van der Waals surface area (Å²) in [4.78, 5) is 0. The minimum atomic E-state index is -3.08. The second-order valence-corrected chi connectivity index (χ2v) is 6.42. The molecule has 4 nitrogen and oxygen atoms in total. The Labute approximate surface area is 94.1 Å². The third kappa shape index (κ3) is 4.95. The monoisotopic (exact) mass is 236 g/mol. The van der Waals surface area contributed by atoms with Gasteiger partial charge in [-0.3, -0.25) is 0 Å². The van der Waals surface area contributed by atoms with Crippen molar-refractivity contribution in [3.8, 4) is 0 Å². The summed E-state index contributed by atoms with van der Waals surface area (Å²) in [5, 5.41) is 2.95. The summed E-state index contributed by atoms with van der Waals surface area (Å²) in [6.07, 6.45) is 0.661. The molecule has 0 aromatic rings. The molecule has 0 spiro atoms. The van der Waals surface area contributed by atoms with Gasteiger partial charge in [-0.25, -0.2) is 12.7 Å². The Morgan fingerprint density at radius 3 is 2.20 bits per heavy atom. The molecule has 0 amide bonds. The molecule has 0 aromatic carbocycles. The van der Waals surface area contributed by atoms with Crippen LogP contribution in [0.5, 0.6) is 0 Å². The summed E-state index contributed by atoms with van der Waals surface area (Å²) in [7, 11) is 0.409. The van der Waals surface area contributed by atoms with Gasteiger partial charge < -0.3 is 5.32 Å². The van der Waals surface area contributed by atoms with Crippen LogP contribution in [0.1, 0.15) is 27.2 Å². The predicted molar refractivity (Wildman–Crippen MR) is 64.4 cm³/mol. The van der Waals surface area contributed by atoms with Gasteiger partial charge in [0, 0.05) is 13.1 Å². The first-order chi connectivity index (χ1) is 6.83. The maximum absolute atomic E-state index is 11.8. The maximum Gasteiger partial charge on any atom is 0.214 e. The molecule has 0 radical (unpaired) electrons. The lowest BCUT2D eigenvalue weighted by atomic mass is 10.1. The van der Waals surface area contributed by atoms with Crippen molar-refractivity contribution in [3.63, 3.8) is 0 Å². The Hall–Kier alpha value is -0.130. The van der Waals surface area contributed by atoms with Crippen molar-refractivity contribution < 1.29 is 8.42 Å². The van der Waals surface area contributed by atoms with Crippen molar-refractivity contribution in [1.29, 1.82) is 0 Å². The Morgan fingerprint density at radius 1 is 1.27 bits per heavy atom. The van der Waals surface area contributed by atoms with Crippen LogP contribution in [-0.2, 0) is 10.0 Å². The molecule has 0 aliphatic rings. The molecule has 1 N–H and O–H groups in total. The normalized spacial score (nSPS) is 14.9. The first-order valence-electron chi connectivity index (χ1n) is 5.43. The average Bonchev–Trinajstić information content (AvgIpc) is 2.15. The van der Waals surface area contributed by atoms with Gasteiger partial charge in [0.15, 0.2) is 0 Å². The van der Waals surface area contributed by atoms with E-state index in [1.54, 1.807) is 7.05 Å². The molecule has 15 heavy (non-hydrogen) atoms. The van der Waals surface area contributed by atoms with Crippen LogP contribution in [0.25, 0.3) is 0 Å². The molecule has 92 valence electrons. The lowest BCUT2D eigenvalue weighted by Gasteiger charge is -2.27. The van der Waals surface area contributed by atoms with E-state index in [4.69, 9.17) is 0 Å². The van der Waals surface area contributed by atoms with Crippen LogP contribution in [0.15, 0.2) is 0 Å². The van der Waals surface area contributed by atoms with E-state index in [0.29, 0.717) is 12.3 Å². The van der Waals surface area contributed by atoms with Crippen molar-refractivity contribution in [2.45, 2.75) is 33.2 Å². The van der Waals surface area contributed by atoms with Crippen molar-refractivity contribution in [2.75, 3.05) is 26.4 Å². The average molecular weight is 236 g/mol. The SMILES string of the molecule is CNCCCS(=O)(=O)N(C)C(C)C(C)C. The molecule has 0 aliphatic heterocycles. The number of hydrogen-bond donors (Lipinski definition) is 1. The molecule has 0 heterocycles. The largest absolute Gasteiger partial charge is 0.320 e. The quantitative estimate of drug-likeness (QED) is 0.668. The molecule has 0 aliphatic carbocycles. The van der Waals surface area contributed by atoms with Crippen LogP contribution in [0.4, 0.5) is 0 Å². The fourth-order valence-electron chi connectivity index (χ4n) is 1.25. The Bertz CT molecular complexity index is 263. The van der Waals surface area contributed by atoms with Crippen LogP contribution in [0.3, 0.4) is 0 Å². The van der Waals surface area contributed by atoms with E-state index in [1.807, 2.05) is 27.8 Å². The predicted octanol–water partition coefficient (Wildman–Crippen LogP) is 0.902. The lowest BCUT2D eigenvalue weighted by Crippen LogP contribution is -2.39. The Morgan fingerprint density at radius 2 is 1.80 bits per heavy atom. The second kappa shape index (κ2) is 6.45. The topological polar surface area (TPSA) is 49.4 Å².